The molecule has 5 nitrogen and oxygen atoms in total. The van der Waals surface area contributed by atoms with Gasteiger partial charge in [0.1, 0.15) is 5.82 Å². The lowest BCUT2D eigenvalue weighted by atomic mass is 9.84. The van der Waals surface area contributed by atoms with Crippen LogP contribution in [-0.2, 0) is 4.79 Å². The zero-order valence-corrected chi connectivity index (χ0v) is 12.0. The van der Waals surface area contributed by atoms with E-state index in [1.54, 1.807) is 12.4 Å². The fourth-order valence-corrected chi connectivity index (χ4v) is 2.94. The third kappa shape index (κ3) is 2.76. The van der Waals surface area contributed by atoms with Crippen LogP contribution in [0.4, 0.5) is 5.82 Å². The summed E-state index contributed by atoms with van der Waals surface area (Å²) in [5.74, 6) is 1.54. The van der Waals surface area contributed by atoms with Crippen molar-refractivity contribution in [2.75, 3.05) is 18.0 Å². The largest absolute Gasteiger partial charge is 0.355 e. The van der Waals surface area contributed by atoms with Gasteiger partial charge in [-0.2, -0.15) is 0 Å². The van der Waals surface area contributed by atoms with E-state index in [-0.39, 0.29) is 11.8 Å². The number of nitrogens with zero attached hydrogens (tertiary/aromatic N) is 3. The van der Waals surface area contributed by atoms with Crippen LogP contribution < -0.4 is 10.2 Å². The van der Waals surface area contributed by atoms with E-state index in [9.17, 15) is 4.79 Å². The van der Waals surface area contributed by atoms with Crippen LogP contribution in [0, 0.1) is 12.8 Å². The van der Waals surface area contributed by atoms with E-state index in [4.69, 9.17) is 0 Å². The second-order valence-corrected chi connectivity index (χ2v) is 5.86. The molecular formula is C15H22N4O. The number of piperidine rings is 1. The van der Waals surface area contributed by atoms with Crippen LogP contribution in [0.2, 0.25) is 0 Å². The van der Waals surface area contributed by atoms with Crippen molar-refractivity contribution in [3.8, 4) is 0 Å². The number of hydrogen-bond acceptors (Lipinski definition) is 4. The first kappa shape index (κ1) is 13.3. The molecule has 108 valence electrons. The van der Waals surface area contributed by atoms with Gasteiger partial charge in [-0.05, 0) is 32.6 Å². The average molecular weight is 274 g/mol. The molecule has 0 atom stereocenters. The van der Waals surface area contributed by atoms with Crippen molar-refractivity contribution < 1.29 is 4.79 Å². The fourth-order valence-electron chi connectivity index (χ4n) is 2.94. The van der Waals surface area contributed by atoms with Crippen molar-refractivity contribution in [1.29, 1.82) is 0 Å². The van der Waals surface area contributed by atoms with Gasteiger partial charge in [0.05, 0.1) is 5.69 Å². The summed E-state index contributed by atoms with van der Waals surface area (Å²) in [6.07, 6.45) is 8.82. The Morgan fingerprint density at radius 1 is 1.20 bits per heavy atom. The SMILES string of the molecule is Cc1nccnc1N1CCC(NC(=O)C2CCC2)CC1. The molecule has 1 saturated carbocycles. The molecule has 0 radical (unpaired) electrons. The first-order valence-electron chi connectivity index (χ1n) is 7.57. The van der Waals surface area contributed by atoms with E-state index in [2.05, 4.69) is 20.2 Å². The van der Waals surface area contributed by atoms with E-state index < -0.39 is 0 Å². The lowest BCUT2D eigenvalue weighted by molar-refractivity contribution is -0.128. The van der Waals surface area contributed by atoms with Gasteiger partial charge in [0.25, 0.3) is 0 Å². The molecule has 5 heteroatoms. The lowest BCUT2D eigenvalue weighted by Crippen LogP contribution is -2.47. The Kier molecular flexibility index (Phi) is 3.85. The molecule has 0 bridgehead atoms. The highest BCUT2D eigenvalue weighted by molar-refractivity contribution is 5.79. The van der Waals surface area contributed by atoms with Gasteiger partial charge in [-0.25, -0.2) is 4.98 Å². The third-order valence-corrected chi connectivity index (χ3v) is 4.47. The van der Waals surface area contributed by atoms with Crippen LogP contribution in [0.1, 0.15) is 37.8 Å². The van der Waals surface area contributed by atoms with Gasteiger partial charge in [0, 0.05) is 37.4 Å². The Hall–Kier alpha value is -1.65. The first-order valence-corrected chi connectivity index (χ1v) is 7.57. The summed E-state index contributed by atoms with van der Waals surface area (Å²) in [4.78, 5) is 22.9. The summed E-state index contributed by atoms with van der Waals surface area (Å²) in [5.41, 5.74) is 0.976. The van der Waals surface area contributed by atoms with Crippen LogP contribution in [0.25, 0.3) is 0 Å². The molecule has 1 aliphatic carbocycles. The summed E-state index contributed by atoms with van der Waals surface area (Å²) < 4.78 is 0. The number of anilines is 1. The van der Waals surface area contributed by atoms with Crippen LogP contribution in [0.15, 0.2) is 12.4 Å². The minimum absolute atomic E-state index is 0.269. The van der Waals surface area contributed by atoms with Gasteiger partial charge >= 0.3 is 0 Å². The summed E-state index contributed by atoms with van der Waals surface area (Å²) >= 11 is 0. The minimum Gasteiger partial charge on any atom is -0.355 e. The number of carbonyl (C=O) groups excluding carboxylic acids is 1. The summed E-state index contributed by atoms with van der Waals surface area (Å²) in [5, 5.41) is 3.21. The number of hydrogen-bond donors (Lipinski definition) is 1. The number of aromatic nitrogens is 2. The van der Waals surface area contributed by atoms with E-state index in [0.29, 0.717) is 6.04 Å². The molecule has 0 aromatic carbocycles. The zero-order chi connectivity index (χ0) is 13.9. The molecule has 2 heterocycles. The highest BCUT2D eigenvalue weighted by Crippen LogP contribution is 2.27. The van der Waals surface area contributed by atoms with Crippen molar-refractivity contribution in [1.82, 2.24) is 15.3 Å². The van der Waals surface area contributed by atoms with Gasteiger partial charge < -0.3 is 10.2 Å². The maximum atomic E-state index is 12.0. The molecule has 2 fully saturated rings. The van der Waals surface area contributed by atoms with Crippen molar-refractivity contribution >= 4 is 11.7 Å². The number of aryl methyl sites for hydroxylation is 1. The molecular weight excluding hydrogens is 252 g/mol. The second kappa shape index (κ2) is 5.77. The van der Waals surface area contributed by atoms with Crippen molar-refractivity contribution in [2.45, 2.75) is 45.1 Å². The Morgan fingerprint density at radius 3 is 2.50 bits per heavy atom. The highest BCUT2D eigenvalue weighted by Gasteiger charge is 2.28. The second-order valence-electron chi connectivity index (χ2n) is 5.86. The molecule has 3 rings (SSSR count). The van der Waals surface area contributed by atoms with Gasteiger partial charge in [-0.15, -0.1) is 0 Å². The lowest BCUT2D eigenvalue weighted by Gasteiger charge is -2.35. The third-order valence-electron chi connectivity index (χ3n) is 4.47. The van der Waals surface area contributed by atoms with Crippen molar-refractivity contribution in [3.63, 3.8) is 0 Å². The Labute approximate surface area is 119 Å². The van der Waals surface area contributed by atoms with Crippen molar-refractivity contribution in [3.05, 3.63) is 18.1 Å². The standard InChI is InChI=1S/C15H22N4O/c1-11-14(17-8-7-16-11)19-9-5-13(6-10-19)18-15(20)12-3-2-4-12/h7-8,12-13H,2-6,9-10H2,1H3,(H,18,20). The van der Waals surface area contributed by atoms with Crippen LogP contribution in [-0.4, -0.2) is 35.0 Å². The van der Waals surface area contributed by atoms with Gasteiger partial charge in [-0.3, -0.25) is 9.78 Å². The molecule has 2 aliphatic rings. The monoisotopic (exact) mass is 274 g/mol. The predicted octanol–water partition coefficient (Wildman–Crippen LogP) is 1.67. The number of nitrogens with one attached hydrogen (secondary N) is 1. The molecule has 0 spiro atoms. The van der Waals surface area contributed by atoms with Gasteiger partial charge in [-0.1, -0.05) is 6.42 Å². The van der Waals surface area contributed by atoms with Crippen LogP contribution in [0.5, 0.6) is 0 Å². The Balaban J connectivity index is 1.52. The molecule has 1 saturated heterocycles. The molecule has 1 aromatic rings. The van der Waals surface area contributed by atoms with E-state index in [0.717, 1.165) is 50.3 Å². The molecule has 1 aromatic heterocycles. The fraction of sp³-hybridized carbons (Fsp3) is 0.667. The van der Waals surface area contributed by atoms with Gasteiger partial charge in [0.15, 0.2) is 0 Å². The molecule has 0 unspecified atom stereocenters. The van der Waals surface area contributed by atoms with Crippen molar-refractivity contribution in [2.24, 2.45) is 5.92 Å². The van der Waals surface area contributed by atoms with Gasteiger partial charge in [0.2, 0.25) is 5.91 Å². The number of rotatable bonds is 3. The first-order chi connectivity index (χ1) is 9.74. The minimum atomic E-state index is 0.269. The number of amides is 1. The average Bonchev–Trinajstić information content (AvgIpc) is 2.38. The van der Waals surface area contributed by atoms with E-state index in [1.807, 2.05) is 6.92 Å². The number of carbonyl (C=O) groups is 1. The van der Waals surface area contributed by atoms with E-state index >= 15 is 0 Å². The van der Waals surface area contributed by atoms with E-state index in [1.165, 1.54) is 6.42 Å². The van der Waals surface area contributed by atoms with Crippen LogP contribution >= 0.6 is 0 Å². The maximum Gasteiger partial charge on any atom is 0.223 e. The van der Waals surface area contributed by atoms with Crippen LogP contribution in [0.3, 0.4) is 0 Å². The Morgan fingerprint density at radius 2 is 1.90 bits per heavy atom. The predicted molar refractivity (Wildman–Crippen MR) is 77.5 cm³/mol. The molecule has 20 heavy (non-hydrogen) atoms. The summed E-state index contributed by atoms with van der Waals surface area (Å²) in [7, 11) is 0. The maximum absolute atomic E-state index is 12.0. The molecule has 1 aliphatic heterocycles. The quantitative estimate of drug-likeness (QED) is 0.911. The molecule has 1 amide bonds. The zero-order valence-electron chi connectivity index (χ0n) is 12.0. The highest BCUT2D eigenvalue weighted by atomic mass is 16.2. The Bertz CT molecular complexity index is 479. The smallest absolute Gasteiger partial charge is 0.223 e. The normalized spacial score (nSPS) is 20.6. The summed E-state index contributed by atoms with van der Waals surface area (Å²) in [6, 6.07) is 0.330. The summed E-state index contributed by atoms with van der Waals surface area (Å²) in [6.45, 7) is 3.87. The topological polar surface area (TPSA) is 58.1 Å². The molecule has 1 N–H and O–H groups in total.